The molecule has 0 spiro atoms. The lowest BCUT2D eigenvalue weighted by Crippen LogP contribution is -2.44. The quantitative estimate of drug-likeness (QED) is 0.828. The smallest absolute Gasteiger partial charge is 0.255 e. The van der Waals surface area contributed by atoms with Crippen LogP contribution in [0, 0.1) is 0 Å². The van der Waals surface area contributed by atoms with Crippen LogP contribution in [0.25, 0.3) is 0 Å². The fourth-order valence-corrected chi connectivity index (χ4v) is 3.19. The van der Waals surface area contributed by atoms with Crippen LogP contribution in [0.15, 0.2) is 42.5 Å². The van der Waals surface area contributed by atoms with E-state index in [-0.39, 0.29) is 5.91 Å². The van der Waals surface area contributed by atoms with Gasteiger partial charge in [-0.2, -0.15) is 0 Å². The molecule has 0 unspecified atom stereocenters. The summed E-state index contributed by atoms with van der Waals surface area (Å²) in [6.07, 6.45) is 0. The molecule has 0 radical (unpaired) electrons. The molecule has 3 rings (SSSR count). The van der Waals surface area contributed by atoms with Gasteiger partial charge >= 0.3 is 0 Å². The van der Waals surface area contributed by atoms with Gasteiger partial charge in [0.25, 0.3) is 5.91 Å². The Labute approximate surface area is 155 Å². The topological polar surface area (TPSA) is 61.6 Å². The van der Waals surface area contributed by atoms with Crippen molar-refractivity contribution in [2.75, 3.05) is 49.2 Å². The first kappa shape index (κ1) is 18.3. The van der Waals surface area contributed by atoms with E-state index < -0.39 is 0 Å². The normalized spacial score (nSPS) is 15.3. The summed E-state index contributed by atoms with van der Waals surface area (Å²) in [6, 6.07) is 13.5. The molecule has 5 heteroatoms. The van der Waals surface area contributed by atoms with Crippen LogP contribution in [-0.2, 0) is 0 Å². The molecule has 5 nitrogen and oxygen atoms in total. The fraction of sp³-hybridized carbons (Fsp3) is 0.381. The van der Waals surface area contributed by atoms with Crippen LogP contribution in [0.2, 0.25) is 0 Å². The van der Waals surface area contributed by atoms with Crippen LogP contribution >= 0.6 is 0 Å². The molecule has 26 heavy (non-hydrogen) atoms. The molecule has 1 amide bonds. The van der Waals surface area contributed by atoms with Gasteiger partial charge < -0.3 is 20.9 Å². The highest BCUT2D eigenvalue weighted by Gasteiger charge is 2.18. The Bertz CT molecular complexity index is 762. The van der Waals surface area contributed by atoms with Gasteiger partial charge in [-0.15, -0.1) is 0 Å². The lowest BCUT2D eigenvalue weighted by Gasteiger charge is -2.35. The van der Waals surface area contributed by atoms with Crippen molar-refractivity contribution in [2.45, 2.75) is 19.8 Å². The second kappa shape index (κ2) is 7.79. The highest BCUT2D eigenvalue weighted by atomic mass is 16.1. The Morgan fingerprint density at radius 1 is 1.04 bits per heavy atom. The molecule has 1 fully saturated rings. The standard InChI is InChI=1S/C21H28N4O/c1-15(2)16-4-6-17(7-5-16)21(26)23-19-14-18(22)8-9-20(19)25-12-10-24(3)11-13-25/h4-9,14-15H,10-13,22H2,1-3H3,(H,23,26). The molecule has 138 valence electrons. The Morgan fingerprint density at radius 3 is 2.31 bits per heavy atom. The van der Waals surface area contributed by atoms with Crippen LogP contribution in [-0.4, -0.2) is 44.0 Å². The number of amides is 1. The largest absolute Gasteiger partial charge is 0.399 e. The summed E-state index contributed by atoms with van der Waals surface area (Å²) >= 11 is 0. The first-order chi connectivity index (χ1) is 12.4. The van der Waals surface area contributed by atoms with Crippen molar-refractivity contribution in [3.63, 3.8) is 0 Å². The molecule has 1 saturated heterocycles. The highest BCUT2D eigenvalue weighted by Crippen LogP contribution is 2.29. The molecule has 0 aliphatic carbocycles. The summed E-state index contributed by atoms with van der Waals surface area (Å²) in [5, 5.41) is 3.05. The monoisotopic (exact) mass is 352 g/mol. The number of nitrogens with two attached hydrogens (primary N) is 1. The third kappa shape index (κ3) is 4.17. The summed E-state index contributed by atoms with van der Waals surface area (Å²) in [6.45, 7) is 8.18. The summed E-state index contributed by atoms with van der Waals surface area (Å²) in [7, 11) is 2.13. The van der Waals surface area contributed by atoms with Crippen molar-refractivity contribution >= 4 is 23.0 Å². The zero-order valence-electron chi connectivity index (χ0n) is 15.8. The van der Waals surface area contributed by atoms with E-state index in [0.717, 1.165) is 37.6 Å². The van der Waals surface area contributed by atoms with E-state index in [9.17, 15) is 4.79 Å². The van der Waals surface area contributed by atoms with Gasteiger partial charge in [0.15, 0.2) is 0 Å². The van der Waals surface area contributed by atoms with Crippen molar-refractivity contribution in [3.8, 4) is 0 Å². The van der Waals surface area contributed by atoms with Gasteiger partial charge in [-0.05, 0) is 48.9 Å². The average molecular weight is 352 g/mol. The molecule has 3 N–H and O–H groups in total. The van der Waals surface area contributed by atoms with Crippen molar-refractivity contribution in [1.82, 2.24) is 4.90 Å². The van der Waals surface area contributed by atoms with E-state index in [0.29, 0.717) is 17.2 Å². The molecule has 2 aromatic carbocycles. The molecule has 2 aromatic rings. The number of nitrogens with zero attached hydrogens (tertiary/aromatic N) is 2. The highest BCUT2D eigenvalue weighted by molar-refractivity contribution is 6.06. The zero-order chi connectivity index (χ0) is 18.7. The zero-order valence-corrected chi connectivity index (χ0v) is 15.8. The van der Waals surface area contributed by atoms with Crippen molar-refractivity contribution in [1.29, 1.82) is 0 Å². The van der Waals surface area contributed by atoms with E-state index in [1.165, 1.54) is 5.56 Å². The number of hydrogen-bond acceptors (Lipinski definition) is 4. The lowest BCUT2D eigenvalue weighted by molar-refractivity contribution is 0.102. The number of hydrogen-bond donors (Lipinski definition) is 2. The van der Waals surface area contributed by atoms with E-state index in [1.54, 1.807) is 0 Å². The minimum absolute atomic E-state index is 0.110. The molecule has 0 atom stereocenters. The van der Waals surface area contributed by atoms with E-state index in [1.807, 2.05) is 42.5 Å². The van der Waals surface area contributed by atoms with Crippen LogP contribution < -0.4 is 16.0 Å². The lowest BCUT2D eigenvalue weighted by atomic mass is 10.0. The van der Waals surface area contributed by atoms with Gasteiger partial charge in [-0.3, -0.25) is 4.79 Å². The maximum atomic E-state index is 12.7. The van der Waals surface area contributed by atoms with Gasteiger partial charge in [0, 0.05) is 37.4 Å². The molecule has 1 heterocycles. The summed E-state index contributed by atoms with van der Waals surface area (Å²) in [4.78, 5) is 17.3. The number of likely N-dealkylation sites (N-methyl/N-ethyl adjacent to an activating group) is 1. The van der Waals surface area contributed by atoms with Crippen LogP contribution in [0.4, 0.5) is 17.1 Å². The molecule has 1 aliphatic rings. The summed E-state index contributed by atoms with van der Waals surface area (Å²) in [5.74, 6) is 0.339. The number of carbonyl (C=O) groups excluding carboxylic acids is 1. The Hall–Kier alpha value is -2.53. The molecule has 0 saturated carbocycles. The Kier molecular flexibility index (Phi) is 5.47. The van der Waals surface area contributed by atoms with Gasteiger partial charge in [-0.1, -0.05) is 26.0 Å². The molecular formula is C21H28N4O. The first-order valence-electron chi connectivity index (χ1n) is 9.18. The van der Waals surface area contributed by atoms with Gasteiger partial charge in [0.05, 0.1) is 11.4 Å². The maximum Gasteiger partial charge on any atom is 0.255 e. The third-order valence-corrected chi connectivity index (χ3v) is 4.95. The average Bonchev–Trinajstić information content (AvgIpc) is 2.63. The van der Waals surface area contributed by atoms with Gasteiger partial charge in [0.1, 0.15) is 0 Å². The van der Waals surface area contributed by atoms with Gasteiger partial charge in [0.2, 0.25) is 0 Å². The van der Waals surface area contributed by atoms with E-state index >= 15 is 0 Å². The molecule has 1 aliphatic heterocycles. The number of nitrogens with one attached hydrogen (secondary N) is 1. The third-order valence-electron chi connectivity index (χ3n) is 4.95. The van der Waals surface area contributed by atoms with Crippen LogP contribution in [0.3, 0.4) is 0 Å². The van der Waals surface area contributed by atoms with Crippen molar-refractivity contribution < 1.29 is 4.79 Å². The number of piperazine rings is 1. The Balaban J connectivity index is 1.80. The van der Waals surface area contributed by atoms with Crippen LogP contribution in [0.5, 0.6) is 0 Å². The van der Waals surface area contributed by atoms with E-state index in [2.05, 4.69) is 36.0 Å². The minimum Gasteiger partial charge on any atom is -0.399 e. The number of carbonyl (C=O) groups is 1. The predicted octanol–water partition coefficient (Wildman–Crippen LogP) is 3.40. The number of benzene rings is 2. The van der Waals surface area contributed by atoms with E-state index in [4.69, 9.17) is 5.73 Å². The summed E-state index contributed by atoms with van der Waals surface area (Å²) < 4.78 is 0. The van der Waals surface area contributed by atoms with Crippen molar-refractivity contribution in [3.05, 3.63) is 53.6 Å². The number of nitrogen functional groups attached to an aromatic ring is 1. The number of anilines is 3. The first-order valence-corrected chi connectivity index (χ1v) is 9.18. The predicted molar refractivity (Wildman–Crippen MR) is 109 cm³/mol. The maximum absolute atomic E-state index is 12.7. The minimum atomic E-state index is -0.110. The molecule has 0 bridgehead atoms. The van der Waals surface area contributed by atoms with Crippen molar-refractivity contribution in [2.24, 2.45) is 0 Å². The fourth-order valence-electron chi connectivity index (χ4n) is 3.19. The van der Waals surface area contributed by atoms with Gasteiger partial charge in [-0.25, -0.2) is 0 Å². The second-order valence-corrected chi connectivity index (χ2v) is 7.30. The Morgan fingerprint density at radius 2 is 1.69 bits per heavy atom. The summed E-state index contributed by atoms with van der Waals surface area (Å²) in [5.41, 5.74) is 10.3. The second-order valence-electron chi connectivity index (χ2n) is 7.30. The SMILES string of the molecule is CC(C)c1ccc(C(=O)Nc2cc(N)ccc2N2CCN(C)CC2)cc1. The molecular weight excluding hydrogens is 324 g/mol. The molecule has 0 aromatic heterocycles. The number of rotatable bonds is 4. The van der Waals surface area contributed by atoms with Crippen LogP contribution in [0.1, 0.15) is 35.7 Å².